The minimum absolute atomic E-state index is 0.110. The molecule has 78 valence electrons. The molecule has 0 radical (unpaired) electrons. The molecular weight excluding hydrogens is 262 g/mol. The van der Waals surface area contributed by atoms with Gasteiger partial charge in [0.25, 0.3) is 0 Å². The van der Waals surface area contributed by atoms with Crippen molar-refractivity contribution in [3.05, 3.63) is 20.8 Å². The summed E-state index contributed by atoms with van der Waals surface area (Å²) in [6, 6.07) is 4.01. The van der Waals surface area contributed by atoms with Gasteiger partial charge in [-0.3, -0.25) is 4.79 Å². The highest BCUT2D eigenvalue weighted by molar-refractivity contribution is 9.11. The SMILES string of the molecule is CCC(C)C(=O)NCc1ccc(Br)s1. The van der Waals surface area contributed by atoms with Crippen molar-refractivity contribution in [2.45, 2.75) is 26.8 Å². The molecule has 4 heteroatoms. The maximum atomic E-state index is 11.4. The van der Waals surface area contributed by atoms with Gasteiger partial charge in [-0.25, -0.2) is 0 Å². The molecule has 2 nitrogen and oxygen atoms in total. The Bertz CT molecular complexity index is 311. The van der Waals surface area contributed by atoms with Gasteiger partial charge in [-0.2, -0.15) is 0 Å². The molecule has 0 saturated heterocycles. The van der Waals surface area contributed by atoms with Gasteiger partial charge >= 0.3 is 0 Å². The highest BCUT2D eigenvalue weighted by atomic mass is 79.9. The number of amides is 1. The van der Waals surface area contributed by atoms with Crippen LogP contribution in [0.25, 0.3) is 0 Å². The second kappa shape index (κ2) is 5.51. The van der Waals surface area contributed by atoms with Crippen molar-refractivity contribution < 1.29 is 4.79 Å². The first-order chi connectivity index (χ1) is 6.63. The molecule has 1 N–H and O–H groups in total. The first kappa shape index (κ1) is 11.7. The van der Waals surface area contributed by atoms with E-state index in [4.69, 9.17) is 0 Å². The van der Waals surface area contributed by atoms with Crippen LogP contribution in [0.3, 0.4) is 0 Å². The number of halogens is 1. The second-order valence-electron chi connectivity index (χ2n) is 3.23. The van der Waals surface area contributed by atoms with Gasteiger partial charge in [0.1, 0.15) is 0 Å². The predicted octanol–water partition coefficient (Wildman–Crippen LogP) is 3.17. The number of carbonyl (C=O) groups excluding carboxylic acids is 1. The van der Waals surface area contributed by atoms with Crippen LogP contribution in [0.5, 0.6) is 0 Å². The summed E-state index contributed by atoms with van der Waals surface area (Å²) < 4.78 is 1.10. The first-order valence-electron chi connectivity index (χ1n) is 4.65. The summed E-state index contributed by atoms with van der Waals surface area (Å²) in [5, 5.41) is 2.91. The summed E-state index contributed by atoms with van der Waals surface area (Å²) in [6.07, 6.45) is 0.889. The van der Waals surface area contributed by atoms with E-state index in [1.807, 2.05) is 26.0 Å². The molecule has 0 spiro atoms. The normalized spacial score (nSPS) is 12.5. The van der Waals surface area contributed by atoms with E-state index in [0.717, 1.165) is 10.2 Å². The predicted molar refractivity (Wildman–Crippen MR) is 63.3 cm³/mol. The lowest BCUT2D eigenvalue weighted by Gasteiger charge is -2.08. The highest BCUT2D eigenvalue weighted by Gasteiger charge is 2.09. The van der Waals surface area contributed by atoms with Crippen LogP contribution in [0, 0.1) is 5.92 Å². The average molecular weight is 276 g/mol. The number of rotatable bonds is 4. The summed E-state index contributed by atoms with van der Waals surface area (Å²) in [7, 11) is 0. The van der Waals surface area contributed by atoms with Gasteiger partial charge in [-0.1, -0.05) is 13.8 Å². The third-order valence-electron chi connectivity index (χ3n) is 2.13. The lowest BCUT2D eigenvalue weighted by atomic mass is 10.1. The van der Waals surface area contributed by atoms with Crippen LogP contribution in [0.1, 0.15) is 25.1 Å². The minimum atomic E-state index is 0.110. The van der Waals surface area contributed by atoms with Crippen LogP contribution in [0.4, 0.5) is 0 Å². The smallest absolute Gasteiger partial charge is 0.223 e. The molecule has 0 aliphatic carbocycles. The largest absolute Gasteiger partial charge is 0.351 e. The minimum Gasteiger partial charge on any atom is -0.351 e. The van der Waals surface area contributed by atoms with Crippen LogP contribution in [-0.4, -0.2) is 5.91 Å². The first-order valence-corrected chi connectivity index (χ1v) is 6.26. The third-order valence-corrected chi connectivity index (χ3v) is 3.75. The van der Waals surface area contributed by atoms with Crippen molar-refractivity contribution in [3.63, 3.8) is 0 Å². The van der Waals surface area contributed by atoms with Gasteiger partial charge < -0.3 is 5.32 Å². The second-order valence-corrected chi connectivity index (χ2v) is 5.78. The summed E-state index contributed by atoms with van der Waals surface area (Å²) in [5.41, 5.74) is 0. The topological polar surface area (TPSA) is 29.1 Å². The highest BCUT2D eigenvalue weighted by Crippen LogP contribution is 2.21. The Morgan fingerprint density at radius 1 is 1.64 bits per heavy atom. The zero-order valence-electron chi connectivity index (χ0n) is 8.34. The maximum absolute atomic E-state index is 11.4. The molecule has 14 heavy (non-hydrogen) atoms. The van der Waals surface area contributed by atoms with E-state index in [9.17, 15) is 4.79 Å². The fourth-order valence-electron chi connectivity index (χ4n) is 0.981. The lowest BCUT2D eigenvalue weighted by Crippen LogP contribution is -2.27. The summed E-state index contributed by atoms with van der Waals surface area (Å²) >= 11 is 5.04. The maximum Gasteiger partial charge on any atom is 0.223 e. The average Bonchev–Trinajstić information content (AvgIpc) is 2.59. The van der Waals surface area contributed by atoms with Gasteiger partial charge in [-0.15, -0.1) is 11.3 Å². The molecule has 1 aromatic heterocycles. The van der Waals surface area contributed by atoms with Crippen molar-refractivity contribution >= 4 is 33.2 Å². The van der Waals surface area contributed by atoms with Crippen molar-refractivity contribution in [3.8, 4) is 0 Å². The van der Waals surface area contributed by atoms with Crippen LogP contribution in [0.2, 0.25) is 0 Å². The van der Waals surface area contributed by atoms with Crippen molar-refractivity contribution in [2.75, 3.05) is 0 Å². The number of hydrogen-bond acceptors (Lipinski definition) is 2. The Labute approximate surface area is 96.8 Å². The summed E-state index contributed by atoms with van der Waals surface area (Å²) in [4.78, 5) is 12.6. The standard InChI is InChI=1S/C10H14BrNOS/c1-3-7(2)10(13)12-6-8-4-5-9(11)14-8/h4-5,7H,3,6H2,1-2H3,(H,12,13). The lowest BCUT2D eigenvalue weighted by molar-refractivity contribution is -0.124. The van der Waals surface area contributed by atoms with Gasteiger partial charge in [0.05, 0.1) is 10.3 Å². The zero-order valence-corrected chi connectivity index (χ0v) is 10.7. The van der Waals surface area contributed by atoms with E-state index >= 15 is 0 Å². The van der Waals surface area contributed by atoms with Crippen LogP contribution < -0.4 is 5.32 Å². The molecule has 0 fully saturated rings. The van der Waals surface area contributed by atoms with Crippen LogP contribution in [0.15, 0.2) is 15.9 Å². The van der Waals surface area contributed by atoms with E-state index in [-0.39, 0.29) is 11.8 Å². The van der Waals surface area contributed by atoms with E-state index in [0.29, 0.717) is 6.54 Å². The van der Waals surface area contributed by atoms with Crippen LogP contribution in [-0.2, 0) is 11.3 Å². The fourth-order valence-corrected chi connectivity index (χ4v) is 2.40. The van der Waals surface area contributed by atoms with E-state index < -0.39 is 0 Å². The molecule has 1 amide bonds. The Balaban J connectivity index is 2.37. The Kier molecular flexibility index (Phi) is 4.62. The molecule has 1 aromatic rings. The van der Waals surface area contributed by atoms with Gasteiger partial charge in [0.2, 0.25) is 5.91 Å². The molecule has 1 unspecified atom stereocenters. The van der Waals surface area contributed by atoms with E-state index in [1.54, 1.807) is 11.3 Å². The molecule has 0 aliphatic heterocycles. The number of thiophene rings is 1. The molecule has 0 saturated carbocycles. The molecule has 0 bridgehead atoms. The summed E-state index contributed by atoms with van der Waals surface area (Å²) in [5.74, 6) is 0.246. The monoisotopic (exact) mass is 275 g/mol. The number of hydrogen-bond donors (Lipinski definition) is 1. The molecular formula is C10H14BrNOS. The molecule has 1 atom stereocenters. The molecule has 0 aromatic carbocycles. The van der Waals surface area contributed by atoms with Crippen molar-refractivity contribution in [1.82, 2.24) is 5.32 Å². The molecule has 1 rings (SSSR count). The van der Waals surface area contributed by atoms with E-state index in [2.05, 4.69) is 21.2 Å². The van der Waals surface area contributed by atoms with Gasteiger partial charge in [0, 0.05) is 10.8 Å². The zero-order chi connectivity index (χ0) is 10.6. The van der Waals surface area contributed by atoms with Crippen molar-refractivity contribution in [1.29, 1.82) is 0 Å². The fraction of sp³-hybridized carbons (Fsp3) is 0.500. The summed E-state index contributed by atoms with van der Waals surface area (Å²) in [6.45, 7) is 4.60. The third kappa shape index (κ3) is 3.42. The van der Waals surface area contributed by atoms with Gasteiger partial charge in [0.15, 0.2) is 0 Å². The van der Waals surface area contributed by atoms with Crippen LogP contribution >= 0.6 is 27.3 Å². The van der Waals surface area contributed by atoms with Gasteiger partial charge in [-0.05, 0) is 34.5 Å². The van der Waals surface area contributed by atoms with Crippen molar-refractivity contribution in [2.24, 2.45) is 5.92 Å². The Morgan fingerprint density at radius 2 is 2.36 bits per heavy atom. The Hall–Kier alpha value is -0.350. The quantitative estimate of drug-likeness (QED) is 0.899. The number of carbonyl (C=O) groups is 1. The molecule has 0 aliphatic rings. The van der Waals surface area contributed by atoms with E-state index in [1.165, 1.54) is 4.88 Å². The Morgan fingerprint density at radius 3 is 2.86 bits per heavy atom. The molecule has 1 heterocycles. The number of nitrogens with one attached hydrogen (secondary N) is 1.